The summed E-state index contributed by atoms with van der Waals surface area (Å²) >= 11 is 1.17. The Kier molecular flexibility index (Phi) is 3.93. The summed E-state index contributed by atoms with van der Waals surface area (Å²) in [6, 6.07) is 6.74. The number of amides is 3. The van der Waals surface area contributed by atoms with Crippen molar-refractivity contribution in [2.45, 2.75) is 25.1 Å². The third-order valence-electron chi connectivity index (χ3n) is 4.37. The van der Waals surface area contributed by atoms with E-state index in [4.69, 9.17) is 4.74 Å². The van der Waals surface area contributed by atoms with Crippen LogP contribution in [-0.2, 0) is 20.9 Å². The first kappa shape index (κ1) is 16.6. The predicted octanol–water partition coefficient (Wildman–Crippen LogP) is 0.890. The summed E-state index contributed by atoms with van der Waals surface area (Å²) in [5, 5.41) is 14.1. The molecular weight excluding hydrogens is 358 g/mol. The Balaban J connectivity index is 1.68. The Morgan fingerprint density at radius 3 is 3.00 bits per heavy atom. The van der Waals surface area contributed by atoms with Crippen molar-refractivity contribution in [2.75, 3.05) is 17.3 Å². The highest BCUT2D eigenvalue weighted by Gasteiger charge is 2.56. The Morgan fingerprint density at radius 2 is 2.19 bits per heavy atom. The van der Waals surface area contributed by atoms with E-state index in [1.807, 2.05) is 0 Å². The number of carbonyl (C=O) groups is 3. The molecule has 0 radical (unpaired) electrons. The van der Waals surface area contributed by atoms with Gasteiger partial charge in [0.25, 0.3) is 11.8 Å². The smallest absolute Gasteiger partial charge is 0.273 e. The molecule has 0 bridgehead atoms. The summed E-state index contributed by atoms with van der Waals surface area (Å²) in [5.41, 5.74) is -0.661. The molecular formula is C16H15N5O4S. The second kappa shape index (κ2) is 6.15. The van der Waals surface area contributed by atoms with Gasteiger partial charge in [-0.3, -0.25) is 24.6 Å². The summed E-state index contributed by atoms with van der Waals surface area (Å²) in [5.74, 6) is -1.13. The van der Waals surface area contributed by atoms with E-state index in [9.17, 15) is 14.4 Å². The van der Waals surface area contributed by atoms with Crippen molar-refractivity contribution in [1.29, 1.82) is 0 Å². The molecule has 0 unspecified atom stereocenters. The minimum Gasteiger partial charge on any atom is -0.377 e. The number of nitrogens with one attached hydrogen (secondary N) is 2. The average molecular weight is 373 g/mol. The molecule has 1 fully saturated rings. The van der Waals surface area contributed by atoms with Gasteiger partial charge >= 0.3 is 0 Å². The second-order valence-electron chi connectivity index (χ2n) is 5.95. The molecule has 3 amide bonds. The van der Waals surface area contributed by atoms with Crippen molar-refractivity contribution in [3.63, 3.8) is 0 Å². The SMILES string of the molecule is COCc1nnc(NC(=O)[C@]23CCC(=O)N2c2ccccc2C(=O)N3)s1. The Labute approximate surface area is 152 Å². The Morgan fingerprint density at radius 1 is 1.38 bits per heavy atom. The summed E-state index contributed by atoms with van der Waals surface area (Å²) in [6.45, 7) is 0.285. The van der Waals surface area contributed by atoms with E-state index in [1.165, 1.54) is 23.3 Å². The van der Waals surface area contributed by atoms with Gasteiger partial charge in [-0.15, -0.1) is 10.2 Å². The topological polar surface area (TPSA) is 114 Å². The third-order valence-corrected chi connectivity index (χ3v) is 5.18. The van der Waals surface area contributed by atoms with Crippen LogP contribution < -0.4 is 15.5 Å². The zero-order chi connectivity index (χ0) is 18.3. The molecule has 0 saturated carbocycles. The largest absolute Gasteiger partial charge is 0.377 e. The van der Waals surface area contributed by atoms with E-state index in [0.717, 1.165) is 0 Å². The summed E-state index contributed by atoms with van der Waals surface area (Å²) in [6.07, 6.45) is 0.342. The first-order chi connectivity index (χ1) is 12.5. The number of benzene rings is 1. The number of carbonyl (C=O) groups excluding carboxylic acids is 3. The number of aromatic nitrogens is 2. The number of para-hydroxylation sites is 1. The molecule has 10 heteroatoms. The van der Waals surface area contributed by atoms with Gasteiger partial charge in [0.2, 0.25) is 16.7 Å². The zero-order valence-corrected chi connectivity index (χ0v) is 14.6. The van der Waals surface area contributed by atoms with Gasteiger partial charge in [0.05, 0.1) is 11.3 Å². The minimum absolute atomic E-state index is 0.160. The fraction of sp³-hybridized carbons (Fsp3) is 0.312. The highest BCUT2D eigenvalue weighted by atomic mass is 32.1. The lowest BCUT2D eigenvalue weighted by atomic mass is 9.99. The lowest BCUT2D eigenvalue weighted by Gasteiger charge is -2.41. The minimum atomic E-state index is -1.46. The number of nitrogens with zero attached hydrogens (tertiary/aromatic N) is 3. The molecule has 2 aromatic rings. The van der Waals surface area contributed by atoms with Gasteiger partial charge in [0.1, 0.15) is 11.6 Å². The van der Waals surface area contributed by atoms with Crippen molar-refractivity contribution in [3.05, 3.63) is 34.8 Å². The molecule has 1 saturated heterocycles. The van der Waals surface area contributed by atoms with Crippen LogP contribution in [0.25, 0.3) is 0 Å². The molecule has 0 aliphatic carbocycles. The van der Waals surface area contributed by atoms with E-state index in [0.29, 0.717) is 16.3 Å². The normalized spacial score (nSPS) is 21.2. The van der Waals surface area contributed by atoms with Crippen LogP contribution in [-0.4, -0.2) is 40.7 Å². The van der Waals surface area contributed by atoms with Gasteiger partial charge in [-0.05, 0) is 12.1 Å². The van der Waals surface area contributed by atoms with E-state index < -0.39 is 11.6 Å². The van der Waals surface area contributed by atoms with Gasteiger partial charge in [-0.1, -0.05) is 23.5 Å². The first-order valence-electron chi connectivity index (χ1n) is 7.92. The molecule has 1 aromatic heterocycles. The summed E-state index contributed by atoms with van der Waals surface area (Å²) in [4.78, 5) is 39.4. The number of fused-ring (bicyclic) bond motifs is 3. The average Bonchev–Trinajstić information content (AvgIpc) is 3.21. The second-order valence-corrected chi connectivity index (χ2v) is 7.01. The van der Waals surface area contributed by atoms with Crippen LogP contribution in [0.4, 0.5) is 10.8 Å². The molecule has 1 atom stereocenters. The number of rotatable bonds is 4. The molecule has 0 spiro atoms. The molecule has 2 aliphatic heterocycles. The molecule has 9 nitrogen and oxygen atoms in total. The van der Waals surface area contributed by atoms with Gasteiger partial charge in [0.15, 0.2) is 0 Å². The van der Waals surface area contributed by atoms with Crippen molar-refractivity contribution in [1.82, 2.24) is 15.5 Å². The lowest BCUT2D eigenvalue weighted by molar-refractivity contribution is -0.124. The van der Waals surface area contributed by atoms with Crippen LogP contribution in [0, 0.1) is 0 Å². The Hall–Kier alpha value is -2.85. The van der Waals surface area contributed by atoms with E-state index in [-0.39, 0.29) is 36.4 Å². The maximum absolute atomic E-state index is 13.0. The molecule has 26 heavy (non-hydrogen) atoms. The number of hydrogen-bond acceptors (Lipinski definition) is 7. The molecule has 4 rings (SSSR count). The fourth-order valence-corrected chi connectivity index (χ4v) is 3.96. The van der Waals surface area contributed by atoms with Crippen molar-refractivity contribution >= 4 is 39.9 Å². The third kappa shape index (κ3) is 2.45. The predicted molar refractivity (Wildman–Crippen MR) is 92.6 cm³/mol. The van der Waals surface area contributed by atoms with Gasteiger partial charge < -0.3 is 10.1 Å². The maximum atomic E-state index is 13.0. The Bertz CT molecular complexity index is 914. The van der Waals surface area contributed by atoms with Crippen molar-refractivity contribution < 1.29 is 19.1 Å². The number of ether oxygens (including phenoxy) is 1. The quantitative estimate of drug-likeness (QED) is 0.823. The van der Waals surface area contributed by atoms with Crippen molar-refractivity contribution in [2.24, 2.45) is 0 Å². The zero-order valence-electron chi connectivity index (χ0n) is 13.8. The van der Waals surface area contributed by atoms with Gasteiger partial charge in [-0.2, -0.15) is 0 Å². The van der Waals surface area contributed by atoms with E-state index in [1.54, 1.807) is 24.3 Å². The van der Waals surface area contributed by atoms with Gasteiger partial charge in [0, 0.05) is 20.0 Å². The monoisotopic (exact) mass is 373 g/mol. The number of anilines is 2. The summed E-state index contributed by atoms with van der Waals surface area (Å²) < 4.78 is 4.98. The lowest BCUT2D eigenvalue weighted by Crippen LogP contribution is -2.68. The molecule has 2 aliphatic rings. The molecule has 134 valence electrons. The fourth-order valence-electron chi connectivity index (χ4n) is 3.26. The van der Waals surface area contributed by atoms with Gasteiger partial charge in [-0.25, -0.2) is 0 Å². The molecule has 3 heterocycles. The molecule has 2 N–H and O–H groups in total. The van der Waals surface area contributed by atoms with Crippen LogP contribution >= 0.6 is 11.3 Å². The van der Waals surface area contributed by atoms with E-state index in [2.05, 4.69) is 20.8 Å². The summed E-state index contributed by atoms with van der Waals surface area (Å²) in [7, 11) is 1.54. The number of hydrogen-bond donors (Lipinski definition) is 2. The first-order valence-corrected chi connectivity index (χ1v) is 8.74. The molecule has 1 aromatic carbocycles. The van der Waals surface area contributed by atoms with Crippen LogP contribution in [0.1, 0.15) is 28.2 Å². The van der Waals surface area contributed by atoms with E-state index >= 15 is 0 Å². The number of methoxy groups -OCH3 is 1. The maximum Gasteiger partial charge on any atom is 0.273 e. The van der Waals surface area contributed by atoms with Crippen molar-refractivity contribution in [3.8, 4) is 0 Å². The van der Waals surface area contributed by atoms with Crippen LogP contribution in [0.15, 0.2) is 24.3 Å². The van der Waals surface area contributed by atoms with Crippen LogP contribution in [0.5, 0.6) is 0 Å². The van der Waals surface area contributed by atoms with Crippen LogP contribution in [0.3, 0.4) is 0 Å². The standard InChI is InChI=1S/C16H15N5O4S/c1-25-8-11-19-20-15(26-11)17-14(24)16-7-6-12(22)21(16)10-5-3-2-4-9(10)13(23)18-16/h2-5H,6-8H2,1H3,(H,18,23)(H,17,20,24)/t16-/m0/s1. The highest BCUT2D eigenvalue weighted by molar-refractivity contribution is 7.15. The van der Waals surface area contributed by atoms with Crippen LogP contribution in [0.2, 0.25) is 0 Å². The highest BCUT2D eigenvalue weighted by Crippen LogP contribution is 2.39.